The number of amides is 1. The number of ether oxygens (including phenoxy) is 2. The zero-order chi connectivity index (χ0) is 17.6. The standard InChI is InChI=1S/C17H18N4O4/c1-24-17(23)12-3-2-4-13(9-12)20-16(22)14-10-19-15(11-18-14)21-5-7-25-8-6-21/h2-4,9-11H,5-8H2,1H3,(H,20,22). The third-order valence-electron chi connectivity index (χ3n) is 3.75. The number of carbonyl (C=O) groups excluding carboxylic acids is 2. The summed E-state index contributed by atoms with van der Waals surface area (Å²) in [5.41, 5.74) is 1.03. The first-order valence-corrected chi connectivity index (χ1v) is 7.82. The van der Waals surface area contributed by atoms with Crippen molar-refractivity contribution in [2.45, 2.75) is 0 Å². The lowest BCUT2D eigenvalue weighted by molar-refractivity contribution is 0.0600. The average Bonchev–Trinajstić information content (AvgIpc) is 2.68. The normalized spacial score (nSPS) is 14.0. The summed E-state index contributed by atoms with van der Waals surface area (Å²) >= 11 is 0. The van der Waals surface area contributed by atoms with Crippen LogP contribution in [-0.2, 0) is 9.47 Å². The quantitative estimate of drug-likeness (QED) is 0.838. The van der Waals surface area contributed by atoms with Gasteiger partial charge in [-0.2, -0.15) is 0 Å². The molecule has 1 N–H and O–H groups in total. The van der Waals surface area contributed by atoms with E-state index in [0.29, 0.717) is 30.3 Å². The van der Waals surface area contributed by atoms with Crippen molar-refractivity contribution in [3.63, 3.8) is 0 Å². The second kappa shape index (κ2) is 7.71. The molecule has 1 aliphatic rings. The van der Waals surface area contributed by atoms with Crippen LogP contribution in [0.5, 0.6) is 0 Å². The van der Waals surface area contributed by atoms with Gasteiger partial charge in [0, 0.05) is 18.8 Å². The minimum absolute atomic E-state index is 0.195. The summed E-state index contributed by atoms with van der Waals surface area (Å²) < 4.78 is 9.96. The van der Waals surface area contributed by atoms with Crippen LogP contribution in [0, 0.1) is 0 Å². The number of benzene rings is 1. The summed E-state index contributed by atoms with van der Waals surface area (Å²) in [5.74, 6) is -0.152. The highest BCUT2D eigenvalue weighted by Crippen LogP contribution is 2.14. The number of aromatic nitrogens is 2. The minimum atomic E-state index is -0.467. The van der Waals surface area contributed by atoms with Crippen molar-refractivity contribution >= 4 is 23.4 Å². The van der Waals surface area contributed by atoms with Crippen LogP contribution >= 0.6 is 0 Å². The smallest absolute Gasteiger partial charge is 0.337 e. The van der Waals surface area contributed by atoms with Crippen molar-refractivity contribution in [1.29, 1.82) is 0 Å². The Morgan fingerprint density at radius 2 is 2.00 bits per heavy atom. The van der Waals surface area contributed by atoms with Crippen LogP contribution in [0.1, 0.15) is 20.8 Å². The first-order chi connectivity index (χ1) is 12.2. The molecular formula is C17H18N4O4. The predicted molar refractivity (Wildman–Crippen MR) is 90.8 cm³/mol. The third-order valence-corrected chi connectivity index (χ3v) is 3.75. The number of esters is 1. The van der Waals surface area contributed by atoms with Crippen molar-refractivity contribution < 1.29 is 19.1 Å². The number of nitrogens with zero attached hydrogens (tertiary/aromatic N) is 3. The van der Waals surface area contributed by atoms with Gasteiger partial charge in [-0.25, -0.2) is 14.8 Å². The molecule has 0 spiro atoms. The van der Waals surface area contributed by atoms with E-state index in [1.807, 2.05) is 0 Å². The van der Waals surface area contributed by atoms with Crippen LogP contribution in [0.4, 0.5) is 11.5 Å². The summed E-state index contributed by atoms with van der Waals surface area (Å²) in [6, 6.07) is 6.49. The van der Waals surface area contributed by atoms with Crippen molar-refractivity contribution in [2.24, 2.45) is 0 Å². The summed E-state index contributed by atoms with van der Waals surface area (Å²) in [4.78, 5) is 34.4. The van der Waals surface area contributed by atoms with E-state index in [0.717, 1.165) is 13.1 Å². The highest BCUT2D eigenvalue weighted by atomic mass is 16.5. The van der Waals surface area contributed by atoms with E-state index in [9.17, 15) is 9.59 Å². The number of morpholine rings is 1. The molecule has 1 fully saturated rings. The molecule has 2 aromatic rings. The zero-order valence-corrected chi connectivity index (χ0v) is 13.8. The molecule has 0 bridgehead atoms. The van der Waals surface area contributed by atoms with Gasteiger partial charge in [-0.1, -0.05) is 6.07 Å². The first kappa shape index (κ1) is 16.8. The van der Waals surface area contributed by atoms with Crippen molar-refractivity contribution in [2.75, 3.05) is 43.6 Å². The lowest BCUT2D eigenvalue weighted by atomic mass is 10.2. The number of carbonyl (C=O) groups is 2. The molecule has 1 amide bonds. The lowest BCUT2D eigenvalue weighted by Crippen LogP contribution is -2.36. The number of anilines is 2. The van der Waals surface area contributed by atoms with Crippen molar-refractivity contribution in [3.8, 4) is 0 Å². The molecule has 3 rings (SSSR count). The highest BCUT2D eigenvalue weighted by Gasteiger charge is 2.15. The average molecular weight is 342 g/mol. The molecule has 1 aromatic carbocycles. The Labute approximate surface area is 144 Å². The molecule has 130 valence electrons. The van der Waals surface area contributed by atoms with Crippen LogP contribution in [0.2, 0.25) is 0 Å². The molecule has 8 nitrogen and oxygen atoms in total. The van der Waals surface area contributed by atoms with E-state index in [2.05, 4.69) is 24.9 Å². The molecule has 0 unspecified atom stereocenters. The van der Waals surface area contributed by atoms with Gasteiger partial charge < -0.3 is 19.7 Å². The van der Waals surface area contributed by atoms with E-state index >= 15 is 0 Å². The molecule has 0 radical (unpaired) electrons. The summed E-state index contributed by atoms with van der Waals surface area (Å²) in [7, 11) is 1.30. The van der Waals surface area contributed by atoms with Gasteiger partial charge in [-0.15, -0.1) is 0 Å². The van der Waals surface area contributed by atoms with Gasteiger partial charge in [0.15, 0.2) is 0 Å². The number of hydrogen-bond donors (Lipinski definition) is 1. The van der Waals surface area contributed by atoms with E-state index in [1.54, 1.807) is 30.5 Å². The molecule has 1 saturated heterocycles. The predicted octanol–water partition coefficient (Wildman–Crippen LogP) is 1.35. The van der Waals surface area contributed by atoms with E-state index in [-0.39, 0.29) is 5.69 Å². The largest absolute Gasteiger partial charge is 0.465 e. The van der Waals surface area contributed by atoms with Crippen LogP contribution in [0.15, 0.2) is 36.7 Å². The van der Waals surface area contributed by atoms with Crippen LogP contribution < -0.4 is 10.2 Å². The SMILES string of the molecule is COC(=O)c1cccc(NC(=O)c2cnc(N3CCOCC3)cn2)c1. The first-order valence-electron chi connectivity index (χ1n) is 7.82. The van der Waals surface area contributed by atoms with Crippen LogP contribution in [-0.4, -0.2) is 55.3 Å². The maximum absolute atomic E-state index is 12.3. The molecular weight excluding hydrogens is 324 g/mol. The molecule has 1 aromatic heterocycles. The van der Waals surface area contributed by atoms with Crippen molar-refractivity contribution in [3.05, 3.63) is 47.9 Å². The fraction of sp³-hybridized carbons (Fsp3) is 0.294. The van der Waals surface area contributed by atoms with Gasteiger partial charge in [0.1, 0.15) is 11.5 Å². The fourth-order valence-corrected chi connectivity index (χ4v) is 2.43. The van der Waals surface area contributed by atoms with Crippen LogP contribution in [0.3, 0.4) is 0 Å². The topological polar surface area (TPSA) is 93.6 Å². The Balaban J connectivity index is 1.68. The minimum Gasteiger partial charge on any atom is -0.465 e. The number of methoxy groups -OCH3 is 1. The van der Waals surface area contributed by atoms with Crippen LogP contribution in [0.25, 0.3) is 0 Å². The summed E-state index contributed by atoms with van der Waals surface area (Å²) in [5, 5.41) is 2.69. The number of nitrogens with one attached hydrogen (secondary N) is 1. The Morgan fingerprint density at radius 1 is 1.20 bits per heavy atom. The Morgan fingerprint density at radius 3 is 2.68 bits per heavy atom. The second-order valence-corrected chi connectivity index (χ2v) is 5.39. The van der Waals surface area contributed by atoms with Crippen molar-refractivity contribution in [1.82, 2.24) is 9.97 Å². The molecule has 25 heavy (non-hydrogen) atoms. The molecule has 8 heteroatoms. The van der Waals surface area contributed by atoms with E-state index in [1.165, 1.54) is 13.3 Å². The molecule has 2 heterocycles. The Hall–Kier alpha value is -3.00. The summed E-state index contributed by atoms with van der Waals surface area (Å²) in [6.07, 6.45) is 3.01. The lowest BCUT2D eigenvalue weighted by Gasteiger charge is -2.27. The maximum atomic E-state index is 12.3. The van der Waals surface area contributed by atoms with Gasteiger partial charge in [0.2, 0.25) is 0 Å². The Kier molecular flexibility index (Phi) is 5.20. The zero-order valence-electron chi connectivity index (χ0n) is 13.8. The van der Waals surface area contributed by atoms with Gasteiger partial charge in [-0.3, -0.25) is 4.79 Å². The van der Waals surface area contributed by atoms with E-state index < -0.39 is 11.9 Å². The molecule has 0 saturated carbocycles. The maximum Gasteiger partial charge on any atom is 0.337 e. The van der Waals surface area contributed by atoms with Gasteiger partial charge in [0.05, 0.1) is 38.3 Å². The van der Waals surface area contributed by atoms with Gasteiger partial charge >= 0.3 is 5.97 Å². The van der Waals surface area contributed by atoms with E-state index in [4.69, 9.17) is 4.74 Å². The highest BCUT2D eigenvalue weighted by molar-refractivity contribution is 6.03. The number of hydrogen-bond acceptors (Lipinski definition) is 7. The fourth-order valence-electron chi connectivity index (χ4n) is 2.43. The Bertz CT molecular complexity index is 757. The number of rotatable bonds is 4. The molecule has 0 aliphatic carbocycles. The monoisotopic (exact) mass is 342 g/mol. The van der Waals surface area contributed by atoms with Gasteiger partial charge in [-0.05, 0) is 18.2 Å². The molecule has 0 atom stereocenters. The van der Waals surface area contributed by atoms with Gasteiger partial charge in [0.25, 0.3) is 5.91 Å². The second-order valence-electron chi connectivity index (χ2n) is 5.39. The summed E-state index contributed by atoms with van der Waals surface area (Å²) in [6.45, 7) is 2.81. The molecule has 1 aliphatic heterocycles. The third kappa shape index (κ3) is 4.10.